The molecule has 0 aliphatic heterocycles. The van der Waals surface area contributed by atoms with Crippen molar-refractivity contribution in [1.82, 2.24) is 4.72 Å². The van der Waals surface area contributed by atoms with Crippen LogP contribution >= 0.6 is 11.8 Å². The van der Waals surface area contributed by atoms with Gasteiger partial charge < -0.3 is 0 Å². The van der Waals surface area contributed by atoms with Gasteiger partial charge in [-0.3, -0.25) is 0 Å². The lowest BCUT2D eigenvalue weighted by atomic mass is 10.4. The van der Waals surface area contributed by atoms with Crippen molar-refractivity contribution in [3.8, 4) is 0 Å². The zero-order valence-corrected chi connectivity index (χ0v) is 9.30. The van der Waals surface area contributed by atoms with Crippen LogP contribution in [0.5, 0.6) is 0 Å². The predicted molar refractivity (Wildman–Crippen MR) is 55.1 cm³/mol. The summed E-state index contributed by atoms with van der Waals surface area (Å²) < 4.78 is 24.8. The maximum absolute atomic E-state index is 11.1. The molecule has 0 aliphatic carbocycles. The second-order valence-electron chi connectivity index (χ2n) is 2.56. The van der Waals surface area contributed by atoms with Crippen LogP contribution in [0.15, 0.2) is 0 Å². The zero-order valence-electron chi connectivity index (χ0n) is 7.67. The fraction of sp³-hybridized carbons (Fsp3) is 1.00. The summed E-state index contributed by atoms with van der Waals surface area (Å²) in [4.78, 5) is 0. The molecule has 0 rings (SSSR count). The Morgan fingerprint density at radius 2 is 2.08 bits per heavy atom. The van der Waals surface area contributed by atoms with E-state index in [2.05, 4.69) is 4.72 Å². The van der Waals surface area contributed by atoms with E-state index in [4.69, 9.17) is 0 Å². The predicted octanol–water partition coefficient (Wildman–Crippen LogP) is 1.07. The molecule has 74 valence electrons. The number of hydrogen-bond donors (Lipinski definition) is 1. The number of rotatable bonds is 7. The molecule has 0 saturated heterocycles. The van der Waals surface area contributed by atoms with Crippen molar-refractivity contribution in [1.29, 1.82) is 0 Å². The third kappa shape index (κ3) is 6.94. The van der Waals surface area contributed by atoms with Crippen molar-refractivity contribution < 1.29 is 8.42 Å². The highest BCUT2D eigenvalue weighted by atomic mass is 32.2. The lowest BCUT2D eigenvalue weighted by molar-refractivity contribution is 0.581. The summed E-state index contributed by atoms with van der Waals surface area (Å²) in [5.74, 6) is 1.10. The third-order valence-corrected chi connectivity index (χ3v) is 3.48. The minimum Gasteiger partial charge on any atom is -0.214 e. The molecule has 1 N–H and O–H groups in total. The maximum atomic E-state index is 11.1. The summed E-state index contributed by atoms with van der Waals surface area (Å²) in [6, 6.07) is 0. The van der Waals surface area contributed by atoms with Gasteiger partial charge in [-0.05, 0) is 12.7 Å². The fourth-order valence-electron chi connectivity index (χ4n) is 0.706. The van der Waals surface area contributed by atoms with Gasteiger partial charge in [-0.15, -0.1) is 0 Å². The molecule has 5 heteroatoms. The smallest absolute Gasteiger partial charge is 0.211 e. The molecule has 0 heterocycles. The Balaban J connectivity index is 3.58. The highest BCUT2D eigenvalue weighted by Crippen LogP contribution is 1.94. The molecule has 0 atom stereocenters. The summed E-state index contributed by atoms with van der Waals surface area (Å²) in [5.41, 5.74) is 0. The Morgan fingerprint density at radius 3 is 2.58 bits per heavy atom. The van der Waals surface area contributed by atoms with Gasteiger partial charge in [0.05, 0.1) is 5.75 Å². The van der Waals surface area contributed by atoms with Gasteiger partial charge in [0.15, 0.2) is 0 Å². The molecule has 0 saturated carbocycles. The van der Waals surface area contributed by atoms with Gasteiger partial charge in [0, 0.05) is 12.3 Å². The van der Waals surface area contributed by atoms with Crippen molar-refractivity contribution >= 4 is 21.8 Å². The Bertz CT molecular complexity index is 190. The fourth-order valence-corrected chi connectivity index (χ4v) is 2.37. The molecule has 0 spiro atoms. The molecular weight excluding hydrogens is 194 g/mol. The van der Waals surface area contributed by atoms with E-state index in [-0.39, 0.29) is 5.75 Å². The standard InChI is InChI=1S/C7H17NO2S2/c1-3-4-7-12(9,10)8-5-6-11-2/h8H,3-7H2,1-2H3. The van der Waals surface area contributed by atoms with Crippen LogP contribution in [0.3, 0.4) is 0 Å². The number of nitrogens with one attached hydrogen (secondary N) is 1. The second-order valence-corrected chi connectivity index (χ2v) is 5.47. The van der Waals surface area contributed by atoms with E-state index in [1.165, 1.54) is 0 Å². The number of sulfonamides is 1. The summed E-state index contributed by atoms with van der Waals surface area (Å²) in [6.45, 7) is 2.53. The molecule has 0 bridgehead atoms. The summed E-state index contributed by atoms with van der Waals surface area (Å²) in [7, 11) is -2.98. The van der Waals surface area contributed by atoms with E-state index in [0.717, 1.165) is 18.6 Å². The molecule has 0 radical (unpaired) electrons. The third-order valence-electron chi connectivity index (χ3n) is 1.39. The summed E-state index contributed by atoms with van der Waals surface area (Å²) in [5, 5.41) is 0. The number of hydrogen-bond acceptors (Lipinski definition) is 3. The topological polar surface area (TPSA) is 46.2 Å². The second kappa shape index (κ2) is 6.74. The van der Waals surface area contributed by atoms with E-state index in [1.54, 1.807) is 11.8 Å². The van der Waals surface area contributed by atoms with Crippen LogP contribution in [0, 0.1) is 0 Å². The Labute approximate surface area is 79.4 Å². The lowest BCUT2D eigenvalue weighted by Crippen LogP contribution is -2.28. The first-order valence-corrected chi connectivity index (χ1v) is 7.13. The van der Waals surface area contributed by atoms with E-state index in [9.17, 15) is 8.42 Å². The van der Waals surface area contributed by atoms with Crippen LogP contribution in [0.25, 0.3) is 0 Å². The first kappa shape index (κ1) is 12.3. The Kier molecular flexibility index (Phi) is 6.89. The van der Waals surface area contributed by atoms with Gasteiger partial charge in [-0.1, -0.05) is 13.3 Å². The van der Waals surface area contributed by atoms with Gasteiger partial charge in [0.1, 0.15) is 0 Å². The van der Waals surface area contributed by atoms with Crippen LogP contribution in [0.4, 0.5) is 0 Å². The molecule has 0 aromatic rings. The summed E-state index contributed by atoms with van der Waals surface area (Å²) >= 11 is 1.64. The van der Waals surface area contributed by atoms with Gasteiger partial charge in [-0.2, -0.15) is 11.8 Å². The molecule has 12 heavy (non-hydrogen) atoms. The van der Waals surface area contributed by atoms with Crippen LogP contribution in [0.1, 0.15) is 19.8 Å². The quantitative estimate of drug-likeness (QED) is 0.641. The highest BCUT2D eigenvalue weighted by Gasteiger charge is 2.06. The number of thioether (sulfide) groups is 1. The molecule has 0 amide bonds. The van der Waals surface area contributed by atoms with Crippen molar-refractivity contribution in [2.24, 2.45) is 0 Å². The van der Waals surface area contributed by atoms with E-state index in [1.807, 2.05) is 13.2 Å². The normalized spacial score (nSPS) is 11.8. The van der Waals surface area contributed by atoms with Crippen LogP contribution in [-0.2, 0) is 10.0 Å². The monoisotopic (exact) mass is 211 g/mol. The molecular formula is C7H17NO2S2. The average Bonchev–Trinajstić information content (AvgIpc) is 2.01. The molecule has 3 nitrogen and oxygen atoms in total. The van der Waals surface area contributed by atoms with Crippen LogP contribution in [0.2, 0.25) is 0 Å². The lowest BCUT2D eigenvalue weighted by Gasteiger charge is -2.03. The molecule has 0 aromatic heterocycles. The Hall–Kier alpha value is 0.260. The van der Waals surface area contributed by atoms with E-state index in [0.29, 0.717) is 6.54 Å². The first-order valence-electron chi connectivity index (χ1n) is 4.08. The van der Waals surface area contributed by atoms with Crippen molar-refractivity contribution in [2.75, 3.05) is 24.3 Å². The first-order chi connectivity index (χ1) is 5.62. The average molecular weight is 211 g/mol. The highest BCUT2D eigenvalue weighted by molar-refractivity contribution is 7.98. The van der Waals surface area contributed by atoms with Crippen LogP contribution < -0.4 is 4.72 Å². The largest absolute Gasteiger partial charge is 0.214 e. The molecule has 0 fully saturated rings. The van der Waals surface area contributed by atoms with Crippen molar-refractivity contribution in [3.63, 3.8) is 0 Å². The van der Waals surface area contributed by atoms with Gasteiger partial charge in [-0.25, -0.2) is 13.1 Å². The zero-order chi connectivity index (χ0) is 9.45. The van der Waals surface area contributed by atoms with Gasteiger partial charge in [0.2, 0.25) is 10.0 Å². The van der Waals surface area contributed by atoms with E-state index >= 15 is 0 Å². The molecule has 0 aliphatic rings. The Morgan fingerprint density at radius 1 is 1.42 bits per heavy atom. The van der Waals surface area contributed by atoms with Crippen LogP contribution in [-0.4, -0.2) is 32.7 Å². The van der Waals surface area contributed by atoms with E-state index < -0.39 is 10.0 Å². The van der Waals surface area contributed by atoms with Crippen molar-refractivity contribution in [2.45, 2.75) is 19.8 Å². The van der Waals surface area contributed by atoms with Gasteiger partial charge in [0.25, 0.3) is 0 Å². The minimum atomic E-state index is -2.98. The number of unbranched alkanes of at least 4 members (excludes halogenated alkanes) is 1. The summed E-state index contributed by atoms with van der Waals surface area (Å²) in [6.07, 6.45) is 3.62. The van der Waals surface area contributed by atoms with Gasteiger partial charge >= 0.3 is 0 Å². The maximum Gasteiger partial charge on any atom is 0.211 e. The molecule has 0 aromatic carbocycles. The SMILES string of the molecule is CCCCS(=O)(=O)NCCSC. The minimum absolute atomic E-state index is 0.262. The van der Waals surface area contributed by atoms with Crippen molar-refractivity contribution in [3.05, 3.63) is 0 Å². The molecule has 0 unspecified atom stereocenters.